The highest BCUT2D eigenvalue weighted by atomic mass is 16.5. The lowest BCUT2D eigenvalue weighted by Gasteiger charge is -2.34. The molecule has 0 bridgehead atoms. The number of rotatable bonds is 4. The van der Waals surface area contributed by atoms with Gasteiger partial charge >= 0.3 is 0 Å². The molecule has 0 aliphatic carbocycles. The molecule has 3 unspecified atom stereocenters. The van der Waals surface area contributed by atoms with Gasteiger partial charge in [-0.05, 0) is 25.2 Å². The SMILES string of the molecule is CCOC1COCCC1C(C)CO. The zero-order chi connectivity index (χ0) is 9.68. The first-order chi connectivity index (χ1) is 6.29. The molecule has 0 amide bonds. The van der Waals surface area contributed by atoms with E-state index in [0.29, 0.717) is 18.4 Å². The molecule has 1 aliphatic heterocycles. The summed E-state index contributed by atoms with van der Waals surface area (Å²) >= 11 is 0. The van der Waals surface area contributed by atoms with Crippen LogP contribution in [0.1, 0.15) is 20.3 Å². The smallest absolute Gasteiger partial charge is 0.0840 e. The average molecular weight is 188 g/mol. The molecule has 0 aromatic rings. The van der Waals surface area contributed by atoms with Gasteiger partial charge in [-0.25, -0.2) is 0 Å². The normalized spacial score (nSPS) is 31.6. The van der Waals surface area contributed by atoms with Gasteiger partial charge in [0.05, 0.1) is 12.7 Å². The van der Waals surface area contributed by atoms with Gasteiger partial charge in [-0.1, -0.05) is 6.92 Å². The summed E-state index contributed by atoms with van der Waals surface area (Å²) in [6.45, 7) is 6.52. The third-order valence-electron chi connectivity index (χ3n) is 2.75. The number of ether oxygens (including phenoxy) is 2. The Hall–Kier alpha value is -0.120. The first-order valence-electron chi connectivity index (χ1n) is 5.09. The molecular weight excluding hydrogens is 168 g/mol. The molecule has 1 fully saturated rings. The standard InChI is InChI=1S/C10H20O3/c1-3-13-10-7-12-5-4-9(10)8(2)6-11/h8-11H,3-7H2,1-2H3. The van der Waals surface area contributed by atoms with Crippen LogP contribution >= 0.6 is 0 Å². The minimum absolute atomic E-state index is 0.181. The Labute approximate surface area is 80.0 Å². The van der Waals surface area contributed by atoms with Gasteiger partial charge in [0.25, 0.3) is 0 Å². The predicted molar refractivity (Wildman–Crippen MR) is 50.6 cm³/mol. The fraction of sp³-hybridized carbons (Fsp3) is 1.00. The Morgan fingerprint density at radius 3 is 3.00 bits per heavy atom. The maximum Gasteiger partial charge on any atom is 0.0840 e. The molecule has 78 valence electrons. The van der Waals surface area contributed by atoms with Crippen molar-refractivity contribution >= 4 is 0 Å². The largest absolute Gasteiger partial charge is 0.396 e. The summed E-state index contributed by atoms with van der Waals surface area (Å²) in [5.41, 5.74) is 0. The van der Waals surface area contributed by atoms with Crippen LogP contribution in [0.5, 0.6) is 0 Å². The van der Waals surface area contributed by atoms with Gasteiger partial charge in [-0.15, -0.1) is 0 Å². The monoisotopic (exact) mass is 188 g/mol. The summed E-state index contributed by atoms with van der Waals surface area (Å²) in [6.07, 6.45) is 1.19. The van der Waals surface area contributed by atoms with E-state index in [-0.39, 0.29) is 12.7 Å². The lowest BCUT2D eigenvalue weighted by Crippen LogP contribution is -2.39. The second-order valence-electron chi connectivity index (χ2n) is 3.68. The van der Waals surface area contributed by atoms with Crippen molar-refractivity contribution in [3.05, 3.63) is 0 Å². The molecule has 13 heavy (non-hydrogen) atoms. The van der Waals surface area contributed by atoms with Crippen molar-refractivity contribution in [1.82, 2.24) is 0 Å². The molecule has 1 N–H and O–H groups in total. The highest BCUT2D eigenvalue weighted by Gasteiger charge is 2.30. The zero-order valence-corrected chi connectivity index (χ0v) is 8.53. The first-order valence-corrected chi connectivity index (χ1v) is 5.09. The molecule has 0 aromatic heterocycles. The second kappa shape index (κ2) is 5.58. The van der Waals surface area contributed by atoms with Crippen LogP contribution in [0.25, 0.3) is 0 Å². The molecule has 3 atom stereocenters. The topological polar surface area (TPSA) is 38.7 Å². The summed E-state index contributed by atoms with van der Waals surface area (Å²) in [5.74, 6) is 0.777. The lowest BCUT2D eigenvalue weighted by atomic mass is 9.85. The third kappa shape index (κ3) is 2.93. The van der Waals surface area contributed by atoms with E-state index in [9.17, 15) is 0 Å². The van der Waals surface area contributed by atoms with Crippen molar-refractivity contribution in [3.8, 4) is 0 Å². The van der Waals surface area contributed by atoms with Crippen molar-refractivity contribution in [1.29, 1.82) is 0 Å². The Morgan fingerprint density at radius 1 is 1.62 bits per heavy atom. The first kappa shape index (κ1) is 11.0. The second-order valence-corrected chi connectivity index (χ2v) is 3.68. The van der Waals surface area contributed by atoms with Crippen LogP contribution in [0.4, 0.5) is 0 Å². The molecule has 0 radical (unpaired) electrons. The Bertz CT molecular complexity index is 136. The van der Waals surface area contributed by atoms with E-state index in [4.69, 9.17) is 14.6 Å². The van der Waals surface area contributed by atoms with E-state index < -0.39 is 0 Å². The summed E-state index contributed by atoms with van der Waals surface area (Å²) in [5, 5.41) is 9.08. The van der Waals surface area contributed by atoms with E-state index in [1.165, 1.54) is 0 Å². The van der Waals surface area contributed by atoms with Crippen molar-refractivity contribution in [2.24, 2.45) is 11.8 Å². The minimum atomic E-state index is 0.181. The third-order valence-corrected chi connectivity index (χ3v) is 2.75. The van der Waals surface area contributed by atoms with Gasteiger partial charge in [0.15, 0.2) is 0 Å². The minimum Gasteiger partial charge on any atom is -0.396 e. The summed E-state index contributed by atoms with van der Waals surface area (Å²) in [6, 6.07) is 0. The van der Waals surface area contributed by atoms with Crippen LogP contribution in [-0.2, 0) is 9.47 Å². The highest BCUT2D eigenvalue weighted by Crippen LogP contribution is 2.25. The lowest BCUT2D eigenvalue weighted by molar-refractivity contribution is -0.0981. The van der Waals surface area contributed by atoms with Crippen LogP contribution in [0.3, 0.4) is 0 Å². The number of aliphatic hydroxyl groups is 1. The van der Waals surface area contributed by atoms with Crippen LogP contribution in [0, 0.1) is 11.8 Å². The van der Waals surface area contributed by atoms with Gasteiger partial charge in [0.2, 0.25) is 0 Å². The van der Waals surface area contributed by atoms with Gasteiger partial charge < -0.3 is 14.6 Å². The molecule has 3 heteroatoms. The van der Waals surface area contributed by atoms with Crippen LogP contribution < -0.4 is 0 Å². The van der Waals surface area contributed by atoms with E-state index in [2.05, 4.69) is 6.92 Å². The Morgan fingerprint density at radius 2 is 2.38 bits per heavy atom. The van der Waals surface area contributed by atoms with Crippen molar-refractivity contribution < 1.29 is 14.6 Å². The van der Waals surface area contributed by atoms with Gasteiger partial charge in [-0.2, -0.15) is 0 Å². The molecule has 1 aliphatic rings. The van der Waals surface area contributed by atoms with Gasteiger partial charge in [0, 0.05) is 19.8 Å². The molecule has 0 saturated carbocycles. The maximum absolute atomic E-state index is 9.08. The molecule has 0 spiro atoms. The summed E-state index contributed by atoms with van der Waals surface area (Å²) in [4.78, 5) is 0. The van der Waals surface area contributed by atoms with Crippen LogP contribution in [0.2, 0.25) is 0 Å². The Kier molecular flexibility index (Phi) is 4.70. The highest BCUT2D eigenvalue weighted by molar-refractivity contribution is 4.78. The fourth-order valence-corrected chi connectivity index (χ4v) is 1.90. The van der Waals surface area contributed by atoms with Gasteiger partial charge in [-0.3, -0.25) is 0 Å². The quantitative estimate of drug-likeness (QED) is 0.717. The van der Waals surface area contributed by atoms with E-state index in [1.807, 2.05) is 6.92 Å². The van der Waals surface area contributed by atoms with E-state index in [1.54, 1.807) is 0 Å². The molecule has 1 heterocycles. The van der Waals surface area contributed by atoms with Crippen molar-refractivity contribution in [3.63, 3.8) is 0 Å². The van der Waals surface area contributed by atoms with Crippen molar-refractivity contribution in [2.45, 2.75) is 26.4 Å². The molecular formula is C10H20O3. The van der Waals surface area contributed by atoms with Crippen LogP contribution in [-0.4, -0.2) is 37.6 Å². The number of aliphatic hydroxyl groups excluding tert-OH is 1. The van der Waals surface area contributed by atoms with E-state index >= 15 is 0 Å². The number of hydrogen-bond donors (Lipinski definition) is 1. The predicted octanol–water partition coefficient (Wildman–Crippen LogP) is 1.06. The van der Waals surface area contributed by atoms with Gasteiger partial charge in [0.1, 0.15) is 0 Å². The fourth-order valence-electron chi connectivity index (χ4n) is 1.90. The number of hydrogen-bond acceptors (Lipinski definition) is 3. The summed E-state index contributed by atoms with van der Waals surface area (Å²) in [7, 11) is 0. The molecule has 1 rings (SSSR count). The average Bonchev–Trinajstić information content (AvgIpc) is 2.18. The molecule has 3 nitrogen and oxygen atoms in total. The summed E-state index contributed by atoms with van der Waals surface area (Å²) < 4.78 is 10.9. The maximum atomic E-state index is 9.08. The molecule has 1 saturated heterocycles. The van der Waals surface area contributed by atoms with Crippen molar-refractivity contribution in [2.75, 3.05) is 26.4 Å². The zero-order valence-electron chi connectivity index (χ0n) is 8.53. The Balaban J connectivity index is 2.45. The van der Waals surface area contributed by atoms with E-state index in [0.717, 1.165) is 19.6 Å². The van der Waals surface area contributed by atoms with Crippen LogP contribution in [0.15, 0.2) is 0 Å². The molecule has 0 aromatic carbocycles.